The van der Waals surface area contributed by atoms with Crippen molar-refractivity contribution in [2.45, 2.75) is 30.0 Å². The standard InChI is InChI=1S/C18H17Cl3O/c1-12-8-9-15(13(2)10-12)16(19)11-18(20,21)17(22)14-6-4-3-5-7-14/h3-10,16H,11H2,1-2H3. The topological polar surface area (TPSA) is 17.1 Å². The molecule has 0 saturated carbocycles. The molecule has 1 nitrogen and oxygen atoms in total. The lowest BCUT2D eigenvalue weighted by atomic mass is 9.97. The summed E-state index contributed by atoms with van der Waals surface area (Å²) in [6, 6.07) is 14.8. The minimum atomic E-state index is -1.55. The third kappa shape index (κ3) is 4.04. The van der Waals surface area contributed by atoms with Crippen LogP contribution in [0.3, 0.4) is 0 Å². The van der Waals surface area contributed by atoms with Crippen LogP contribution in [0.4, 0.5) is 0 Å². The number of benzene rings is 2. The number of halogens is 3. The van der Waals surface area contributed by atoms with E-state index >= 15 is 0 Å². The summed E-state index contributed by atoms with van der Waals surface area (Å²) in [7, 11) is 0. The fourth-order valence-corrected chi connectivity index (χ4v) is 3.57. The molecule has 0 fully saturated rings. The molecule has 0 aliphatic rings. The Hall–Kier alpha value is -1.02. The Bertz CT molecular complexity index is 665. The first kappa shape index (κ1) is 17.3. The Labute approximate surface area is 146 Å². The largest absolute Gasteiger partial charge is 0.291 e. The first-order valence-electron chi connectivity index (χ1n) is 7.00. The normalized spacial score (nSPS) is 13.0. The molecule has 0 N–H and O–H groups in total. The van der Waals surface area contributed by atoms with Crippen molar-refractivity contribution in [1.29, 1.82) is 0 Å². The third-order valence-electron chi connectivity index (χ3n) is 3.57. The number of carbonyl (C=O) groups is 1. The fraction of sp³-hybridized carbons (Fsp3) is 0.278. The highest BCUT2D eigenvalue weighted by atomic mass is 35.5. The second kappa shape index (κ2) is 7.04. The Morgan fingerprint density at radius 2 is 1.73 bits per heavy atom. The quantitative estimate of drug-likeness (QED) is 0.472. The van der Waals surface area contributed by atoms with Gasteiger partial charge in [-0.25, -0.2) is 0 Å². The Morgan fingerprint density at radius 1 is 1.09 bits per heavy atom. The number of carbonyl (C=O) groups excluding carboxylic acids is 1. The molecule has 1 atom stereocenters. The van der Waals surface area contributed by atoms with Crippen LogP contribution in [0.1, 0.15) is 38.8 Å². The van der Waals surface area contributed by atoms with Crippen LogP contribution >= 0.6 is 34.8 Å². The molecule has 1 unspecified atom stereocenters. The van der Waals surface area contributed by atoms with Gasteiger partial charge in [0.15, 0.2) is 10.1 Å². The average Bonchev–Trinajstić information content (AvgIpc) is 2.46. The van der Waals surface area contributed by atoms with E-state index in [-0.39, 0.29) is 12.2 Å². The number of alkyl halides is 3. The molecule has 0 aromatic heterocycles. The molecule has 0 heterocycles. The second-order valence-electron chi connectivity index (χ2n) is 5.43. The molecule has 0 bridgehead atoms. The number of ketones is 1. The van der Waals surface area contributed by atoms with Gasteiger partial charge in [-0.15, -0.1) is 11.6 Å². The molecule has 22 heavy (non-hydrogen) atoms. The number of rotatable bonds is 5. The van der Waals surface area contributed by atoms with Gasteiger partial charge in [0.05, 0.1) is 5.38 Å². The van der Waals surface area contributed by atoms with Gasteiger partial charge in [-0.2, -0.15) is 0 Å². The van der Waals surface area contributed by atoms with E-state index in [0.29, 0.717) is 5.56 Å². The molecule has 2 aromatic carbocycles. The molecule has 2 rings (SSSR count). The molecule has 0 radical (unpaired) electrons. The lowest BCUT2D eigenvalue weighted by molar-refractivity contribution is 0.0968. The predicted octanol–water partition coefficient (Wildman–Crippen LogP) is 6.03. The van der Waals surface area contributed by atoms with Crippen molar-refractivity contribution >= 4 is 40.6 Å². The van der Waals surface area contributed by atoms with Crippen LogP contribution in [0.5, 0.6) is 0 Å². The smallest absolute Gasteiger partial charge is 0.198 e. The summed E-state index contributed by atoms with van der Waals surface area (Å²) < 4.78 is -1.55. The first-order chi connectivity index (χ1) is 10.3. The minimum Gasteiger partial charge on any atom is -0.291 e. The van der Waals surface area contributed by atoms with Crippen LogP contribution in [0.15, 0.2) is 48.5 Å². The van der Waals surface area contributed by atoms with Crippen LogP contribution in [-0.2, 0) is 0 Å². The van der Waals surface area contributed by atoms with Crippen LogP contribution in [0.25, 0.3) is 0 Å². The van der Waals surface area contributed by atoms with E-state index in [1.807, 2.05) is 38.1 Å². The van der Waals surface area contributed by atoms with Crippen molar-refractivity contribution in [1.82, 2.24) is 0 Å². The number of Topliss-reactive ketones (excluding diaryl/α,β-unsaturated/α-hetero) is 1. The van der Waals surface area contributed by atoms with Crippen LogP contribution in [0, 0.1) is 13.8 Å². The Kier molecular flexibility index (Phi) is 5.55. The van der Waals surface area contributed by atoms with E-state index in [0.717, 1.165) is 16.7 Å². The summed E-state index contributed by atoms with van der Waals surface area (Å²) in [4.78, 5) is 12.4. The molecule has 116 valence electrons. The highest BCUT2D eigenvalue weighted by molar-refractivity contribution is 6.60. The van der Waals surface area contributed by atoms with Gasteiger partial charge in [0, 0.05) is 12.0 Å². The van der Waals surface area contributed by atoms with Crippen molar-refractivity contribution in [2.75, 3.05) is 0 Å². The summed E-state index contributed by atoms with van der Waals surface area (Å²) in [6.07, 6.45) is 0.148. The summed E-state index contributed by atoms with van der Waals surface area (Å²) in [5.41, 5.74) is 3.65. The number of hydrogen-bond acceptors (Lipinski definition) is 1. The lowest BCUT2D eigenvalue weighted by Gasteiger charge is -2.22. The van der Waals surface area contributed by atoms with Crippen molar-refractivity contribution in [3.05, 3.63) is 70.8 Å². The van der Waals surface area contributed by atoms with Crippen molar-refractivity contribution < 1.29 is 4.79 Å². The Morgan fingerprint density at radius 3 is 2.32 bits per heavy atom. The molecule has 0 aliphatic heterocycles. The summed E-state index contributed by atoms with van der Waals surface area (Å²) in [5.74, 6) is -0.327. The van der Waals surface area contributed by atoms with Crippen molar-refractivity contribution in [3.8, 4) is 0 Å². The van der Waals surface area contributed by atoms with Crippen molar-refractivity contribution in [2.24, 2.45) is 0 Å². The summed E-state index contributed by atoms with van der Waals surface area (Å²) >= 11 is 19.0. The molecule has 2 aromatic rings. The van der Waals surface area contributed by atoms with Gasteiger partial charge in [-0.3, -0.25) is 4.79 Å². The SMILES string of the molecule is Cc1ccc(C(Cl)CC(Cl)(Cl)C(=O)c2ccccc2)c(C)c1. The molecular formula is C18H17Cl3O. The van der Waals surface area contributed by atoms with Gasteiger partial charge < -0.3 is 0 Å². The molecular weight excluding hydrogens is 339 g/mol. The van der Waals surface area contributed by atoms with E-state index in [4.69, 9.17) is 34.8 Å². The number of hydrogen-bond donors (Lipinski definition) is 0. The highest BCUT2D eigenvalue weighted by Gasteiger charge is 2.37. The molecule has 0 aliphatic carbocycles. The first-order valence-corrected chi connectivity index (χ1v) is 8.19. The predicted molar refractivity (Wildman–Crippen MR) is 94.3 cm³/mol. The van der Waals surface area contributed by atoms with Gasteiger partial charge >= 0.3 is 0 Å². The monoisotopic (exact) mass is 354 g/mol. The fourth-order valence-electron chi connectivity index (χ4n) is 2.41. The third-order valence-corrected chi connectivity index (χ3v) is 4.61. The van der Waals surface area contributed by atoms with E-state index in [1.54, 1.807) is 24.3 Å². The summed E-state index contributed by atoms with van der Waals surface area (Å²) in [5, 5.41) is -0.428. The minimum absolute atomic E-state index is 0.148. The van der Waals surface area contributed by atoms with E-state index in [2.05, 4.69) is 0 Å². The van der Waals surface area contributed by atoms with Crippen LogP contribution < -0.4 is 0 Å². The van der Waals surface area contributed by atoms with Gasteiger partial charge in [0.2, 0.25) is 0 Å². The van der Waals surface area contributed by atoms with Crippen LogP contribution in [0.2, 0.25) is 0 Å². The zero-order chi connectivity index (χ0) is 16.3. The van der Waals surface area contributed by atoms with Gasteiger partial charge in [0.1, 0.15) is 0 Å². The van der Waals surface area contributed by atoms with Gasteiger partial charge in [-0.1, -0.05) is 77.3 Å². The highest BCUT2D eigenvalue weighted by Crippen LogP contribution is 2.39. The molecule has 4 heteroatoms. The zero-order valence-corrected chi connectivity index (χ0v) is 14.7. The number of aryl methyl sites for hydroxylation is 2. The maximum Gasteiger partial charge on any atom is 0.198 e. The van der Waals surface area contributed by atoms with Gasteiger partial charge in [0.25, 0.3) is 0 Å². The molecule has 0 saturated heterocycles. The lowest BCUT2D eigenvalue weighted by Crippen LogP contribution is -2.27. The maximum atomic E-state index is 12.4. The van der Waals surface area contributed by atoms with E-state index < -0.39 is 9.71 Å². The molecule has 0 spiro atoms. The summed E-state index contributed by atoms with van der Waals surface area (Å²) in [6.45, 7) is 4.01. The van der Waals surface area contributed by atoms with Gasteiger partial charge in [-0.05, 0) is 25.0 Å². The van der Waals surface area contributed by atoms with Crippen molar-refractivity contribution in [3.63, 3.8) is 0 Å². The second-order valence-corrected chi connectivity index (χ2v) is 7.44. The van der Waals surface area contributed by atoms with E-state index in [9.17, 15) is 4.79 Å². The maximum absolute atomic E-state index is 12.4. The molecule has 0 amide bonds. The van der Waals surface area contributed by atoms with E-state index in [1.165, 1.54) is 0 Å². The Balaban J connectivity index is 2.19. The zero-order valence-electron chi connectivity index (χ0n) is 12.4. The van der Waals surface area contributed by atoms with Crippen LogP contribution in [-0.4, -0.2) is 10.1 Å². The average molecular weight is 356 g/mol.